The SMILES string of the molecule is CC(C)COC(=O)/C=C\C1CC1(C)C. The van der Waals surface area contributed by atoms with Crippen LogP contribution in [0.15, 0.2) is 12.2 Å². The maximum Gasteiger partial charge on any atom is 0.330 e. The number of esters is 1. The van der Waals surface area contributed by atoms with Crippen molar-refractivity contribution < 1.29 is 9.53 Å². The third-order valence-electron chi connectivity index (χ3n) is 2.61. The van der Waals surface area contributed by atoms with Gasteiger partial charge in [-0.05, 0) is 23.7 Å². The van der Waals surface area contributed by atoms with Crippen LogP contribution < -0.4 is 0 Å². The molecule has 0 aromatic rings. The number of hydrogen-bond acceptors (Lipinski definition) is 2. The number of carbonyl (C=O) groups is 1. The molecule has 0 heterocycles. The van der Waals surface area contributed by atoms with Crippen molar-refractivity contribution in [3.63, 3.8) is 0 Å². The van der Waals surface area contributed by atoms with Gasteiger partial charge in [0.2, 0.25) is 0 Å². The third-order valence-corrected chi connectivity index (χ3v) is 2.61. The quantitative estimate of drug-likeness (QED) is 0.510. The Balaban J connectivity index is 2.21. The van der Waals surface area contributed by atoms with Gasteiger partial charge in [-0.2, -0.15) is 0 Å². The van der Waals surface area contributed by atoms with Gasteiger partial charge in [-0.15, -0.1) is 0 Å². The lowest BCUT2D eigenvalue weighted by molar-refractivity contribution is -0.138. The highest BCUT2D eigenvalue weighted by Crippen LogP contribution is 2.52. The topological polar surface area (TPSA) is 26.3 Å². The van der Waals surface area contributed by atoms with Crippen LogP contribution in [0.1, 0.15) is 34.1 Å². The smallest absolute Gasteiger partial charge is 0.330 e. The van der Waals surface area contributed by atoms with Gasteiger partial charge >= 0.3 is 5.97 Å². The second kappa shape index (κ2) is 4.16. The number of allylic oxidation sites excluding steroid dienone is 1. The summed E-state index contributed by atoms with van der Waals surface area (Å²) in [7, 11) is 0. The molecule has 1 aliphatic rings. The summed E-state index contributed by atoms with van der Waals surface area (Å²) in [5, 5.41) is 0. The van der Waals surface area contributed by atoms with E-state index in [2.05, 4.69) is 13.8 Å². The molecule has 1 unspecified atom stereocenters. The van der Waals surface area contributed by atoms with Crippen molar-refractivity contribution in [2.45, 2.75) is 34.1 Å². The molecule has 2 heteroatoms. The van der Waals surface area contributed by atoms with E-state index in [1.54, 1.807) is 6.08 Å². The van der Waals surface area contributed by atoms with Crippen LogP contribution in [0.2, 0.25) is 0 Å². The Morgan fingerprint density at radius 3 is 2.57 bits per heavy atom. The molecule has 1 saturated carbocycles. The first-order valence-electron chi connectivity index (χ1n) is 5.27. The lowest BCUT2D eigenvalue weighted by atomic mass is 10.1. The van der Waals surface area contributed by atoms with Crippen molar-refractivity contribution in [1.82, 2.24) is 0 Å². The third kappa shape index (κ3) is 3.52. The minimum atomic E-state index is -0.207. The maximum absolute atomic E-state index is 11.2. The second-order valence-electron chi connectivity index (χ2n) is 5.18. The second-order valence-corrected chi connectivity index (χ2v) is 5.18. The average Bonchev–Trinajstić information content (AvgIpc) is 2.67. The van der Waals surface area contributed by atoms with Crippen LogP contribution in [0.4, 0.5) is 0 Å². The number of carbonyl (C=O) groups excluding carboxylic acids is 1. The van der Waals surface area contributed by atoms with Crippen molar-refractivity contribution in [2.75, 3.05) is 6.61 Å². The van der Waals surface area contributed by atoms with Gasteiger partial charge in [0, 0.05) is 6.08 Å². The molecular weight excluding hydrogens is 176 g/mol. The Morgan fingerprint density at radius 1 is 1.57 bits per heavy atom. The molecule has 1 atom stereocenters. The fraction of sp³-hybridized carbons (Fsp3) is 0.750. The molecular formula is C12H20O2. The maximum atomic E-state index is 11.2. The fourth-order valence-electron chi connectivity index (χ4n) is 1.33. The van der Waals surface area contributed by atoms with E-state index in [1.165, 1.54) is 6.42 Å². The van der Waals surface area contributed by atoms with Crippen LogP contribution in [0.25, 0.3) is 0 Å². The highest BCUT2D eigenvalue weighted by molar-refractivity contribution is 5.82. The highest BCUT2D eigenvalue weighted by Gasteiger charge is 2.43. The Bertz CT molecular complexity index is 239. The van der Waals surface area contributed by atoms with Crippen molar-refractivity contribution in [2.24, 2.45) is 17.3 Å². The Hall–Kier alpha value is -0.790. The summed E-state index contributed by atoms with van der Waals surface area (Å²) in [5.41, 5.74) is 0.398. The van der Waals surface area contributed by atoms with Gasteiger partial charge in [0.05, 0.1) is 6.61 Å². The summed E-state index contributed by atoms with van der Waals surface area (Å²) in [5.74, 6) is 0.764. The predicted octanol–water partition coefficient (Wildman–Crippen LogP) is 2.79. The number of hydrogen-bond donors (Lipinski definition) is 0. The van der Waals surface area contributed by atoms with Crippen LogP contribution in [0, 0.1) is 17.3 Å². The van der Waals surface area contributed by atoms with Crippen molar-refractivity contribution in [3.05, 3.63) is 12.2 Å². The van der Waals surface area contributed by atoms with Crippen LogP contribution in [-0.2, 0) is 9.53 Å². The summed E-state index contributed by atoms with van der Waals surface area (Å²) >= 11 is 0. The molecule has 1 aliphatic carbocycles. The zero-order chi connectivity index (χ0) is 10.8. The lowest BCUT2D eigenvalue weighted by Gasteiger charge is -2.03. The number of rotatable bonds is 4. The monoisotopic (exact) mass is 196 g/mol. The molecule has 0 aromatic carbocycles. The van der Waals surface area contributed by atoms with Crippen molar-refractivity contribution in [1.29, 1.82) is 0 Å². The van der Waals surface area contributed by atoms with E-state index in [0.29, 0.717) is 23.9 Å². The van der Waals surface area contributed by atoms with E-state index in [1.807, 2.05) is 19.9 Å². The van der Waals surface area contributed by atoms with E-state index in [-0.39, 0.29) is 5.97 Å². The Kier molecular flexibility index (Phi) is 3.35. The van der Waals surface area contributed by atoms with Gasteiger partial charge in [0.25, 0.3) is 0 Å². The molecule has 2 nitrogen and oxygen atoms in total. The largest absolute Gasteiger partial charge is 0.462 e. The summed E-state index contributed by atoms with van der Waals surface area (Å²) < 4.78 is 5.02. The molecule has 14 heavy (non-hydrogen) atoms. The van der Waals surface area contributed by atoms with E-state index in [9.17, 15) is 4.79 Å². The standard InChI is InChI=1S/C12H20O2/c1-9(2)8-14-11(13)6-5-10-7-12(10,3)4/h5-6,9-10H,7-8H2,1-4H3/b6-5-. The highest BCUT2D eigenvalue weighted by atomic mass is 16.5. The molecule has 1 fully saturated rings. The zero-order valence-corrected chi connectivity index (χ0v) is 9.54. The van der Waals surface area contributed by atoms with Gasteiger partial charge < -0.3 is 4.74 Å². The molecule has 0 bridgehead atoms. The minimum Gasteiger partial charge on any atom is -0.462 e. The predicted molar refractivity (Wildman–Crippen MR) is 56.8 cm³/mol. The molecule has 0 saturated heterocycles. The summed E-state index contributed by atoms with van der Waals surface area (Å²) in [6.45, 7) is 8.99. The first kappa shape index (κ1) is 11.3. The van der Waals surface area contributed by atoms with E-state index < -0.39 is 0 Å². The van der Waals surface area contributed by atoms with Crippen LogP contribution in [-0.4, -0.2) is 12.6 Å². The van der Waals surface area contributed by atoms with Gasteiger partial charge in [-0.3, -0.25) is 0 Å². The molecule has 0 spiro atoms. The van der Waals surface area contributed by atoms with Crippen LogP contribution in [0.3, 0.4) is 0 Å². The van der Waals surface area contributed by atoms with Crippen LogP contribution in [0.5, 0.6) is 0 Å². The first-order chi connectivity index (χ1) is 6.42. The Morgan fingerprint density at radius 2 is 2.14 bits per heavy atom. The minimum absolute atomic E-state index is 0.207. The average molecular weight is 196 g/mol. The normalized spacial score (nSPS) is 24.2. The van der Waals surface area contributed by atoms with Crippen molar-refractivity contribution in [3.8, 4) is 0 Å². The summed E-state index contributed by atoms with van der Waals surface area (Å²) in [6, 6.07) is 0. The van der Waals surface area contributed by atoms with E-state index >= 15 is 0 Å². The summed E-state index contributed by atoms with van der Waals surface area (Å²) in [4.78, 5) is 11.2. The fourth-order valence-corrected chi connectivity index (χ4v) is 1.33. The van der Waals surface area contributed by atoms with E-state index in [0.717, 1.165) is 0 Å². The number of ether oxygens (including phenoxy) is 1. The Labute approximate surface area is 86.3 Å². The first-order valence-corrected chi connectivity index (χ1v) is 5.27. The van der Waals surface area contributed by atoms with Gasteiger partial charge in [0.15, 0.2) is 0 Å². The molecule has 0 amide bonds. The van der Waals surface area contributed by atoms with Crippen LogP contribution >= 0.6 is 0 Å². The van der Waals surface area contributed by atoms with Gasteiger partial charge in [-0.25, -0.2) is 4.79 Å². The van der Waals surface area contributed by atoms with Gasteiger partial charge in [-0.1, -0.05) is 33.8 Å². The molecule has 0 aromatic heterocycles. The molecule has 0 aliphatic heterocycles. The zero-order valence-electron chi connectivity index (χ0n) is 9.54. The van der Waals surface area contributed by atoms with Crippen molar-refractivity contribution >= 4 is 5.97 Å². The van der Waals surface area contributed by atoms with E-state index in [4.69, 9.17) is 4.74 Å². The summed E-state index contributed by atoms with van der Waals surface area (Å²) in [6.07, 6.45) is 4.73. The van der Waals surface area contributed by atoms with Gasteiger partial charge in [0.1, 0.15) is 0 Å². The molecule has 80 valence electrons. The lowest BCUT2D eigenvalue weighted by Crippen LogP contribution is -2.07. The molecule has 0 radical (unpaired) electrons. The molecule has 1 rings (SSSR count). The molecule has 0 N–H and O–H groups in total.